The smallest absolute Gasteiger partial charge is 0.343 e. The van der Waals surface area contributed by atoms with Crippen molar-refractivity contribution in [2.75, 3.05) is 13.1 Å². The maximum atomic E-state index is 13.9. The number of carboxylic acids is 1. The van der Waals surface area contributed by atoms with Crippen molar-refractivity contribution < 1.29 is 19.1 Å². The van der Waals surface area contributed by atoms with Gasteiger partial charge in [0.2, 0.25) is 5.67 Å². The summed E-state index contributed by atoms with van der Waals surface area (Å²) < 4.78 is 13.9. The normalized spacial score (nSPS) is 22.6. The highest BCUT2D eigenvalue weighted by Gasteiger charge is 2.46. The molecule has 1 atom stereocenters. The number of carbonyl (C=O) groups is 2. The molecule has 0 aromatic heterocycles. The van der Waals surface area contributed by atoms with Gasteiger partial charge in [0.05, 0.1) is 6.54 Å². The summed E-state index contributed by atoms with van der Waals surface area (Å²) in [7, 11) is 0. The monoisotopic (exact) mass is 285 g/mol. The quantitative estimate of drug-likeness (QED) is 0.907. The van der Waals surface area contributed by atoms with Gasteiger partial charge in [0.15, 0.2) is 0 Å². The Morgan fingerprint density at radius 2 is 2.11 bits per heavy atom. The Kier molecular flexibility index (Phi) is 3.49. The number of halogens is 2. The van der Waals surface area contributed by atoms with Gasteiger partial charge >= 0.3 is 5.97 Å². The van der Waals surface area contributed by atoms with Crippen LogP contribution in [0.1, 0.15) is 22.3 Å². The van der Waals surface area contributed by atoms with Crippen molar-refractivity contribution >= 4 is 23.5 Å². The second-order valence-electron chi connectivity index (χ2n) is 4.76. The molecule has 1 fully saturated rings. The van der Waals surface area contributed by atoms with E-state index in [4.69, 9.17) is 16.7 Å². The van der Waals surface area contributed by atoms with E-state index in [2.05, 4.69) is 0 Å². The molecule has 0 saturated carbocycles. The second-order valence-corrected chi connectivity index (χ2v) is 5.20. The lowest BCUT2D eigenvalue weighted by Crippen LogP contribution is -2.38. The molecule has 19 heavy (non-hydrogen) atoms. The Labute approximate surface area is 114 Å². The maximum Gasteiger partial charge on any atom is 0.343 e. The summed E-state index contributed by atoms with van der Waals surface area (Å²) in [6, 6.07) is 4.85. The van der Waals surface area contributed by atoms with E-state index in [0.29, 0.717) is 10.6 Å². The zero-order valence-electron chi connectivity index (χ0n) is 10.3. The van der Waals surface area contributed by atoms with Crippen molar-refractivity contribution in [3.63, 3.8) is 0 Å². The van der Waals surface area contributed by atoms with E-state index in [9.17, 15) is 14.0 Å². The molecule has 0 aliphatic carbocycles. The summed E-state index contributed by atoms with van der Waals surface area (Å²) in [5.41, 5.74) is -1.18. The minimum Gasteiger partial charge on any atom is -0.479 e. The van der Waals surface area contributed by atoms with Crippen LogP contribution in [0.3, 0.4) is 0 Å². The predicted octanol–water partition coefficient (Wildman–Crippen LogP) is 2.29. The number of hydrogen-bond donors (Lipinski definition) is 1. The van der Waals surface area contributed by atoms with Crippen LogP contribution in [0.25, 0.3) is 0 Å². The predicted molar refractivity (Wildman–Crippen MR) is 68.2 cm³/mol. The first-order chi connectivity index (χ1) is 8.82. The van der Waals surface area contributed by atoms with E-state index < -0.39 is 24.1 Å². The molecule has 1 aliphatic rings. The lowest BCUT2D eigenvalue weighted by molar-refractivity contribution is -0.149. The fraction of sp³-hybridized carbons (Fsp3) is 0.385. The lowest BCUT2D eigenvalue weighted by Gasteiger charge is -2.18. The number of amides is 1. The highest BCUT2D eigenvalue weighted by molar-refractivity contribution is 6.31. The molecule has 1 saturated heterocycles. The van der Waals surface area contributed by atoms with E-state index in [-0.39, 0.29) is 13.0 Å². The summed E-state index contributed by atoms with van der Waals surface area (Å²) in [5.74, 6) is -1.92. The lowest BCUT2D eigenvalue weighted by atomic mass is 10.1. The van der Waals surface area contributed by atoms with Crippen LogP contribution in [0.4, 0.5) is 4.39 Å². The Morgan fingerprint density at radius 3 is 2.63 bits per heavy atom. The number of alkyl halides is 1. The minimum absolute atomic E-state index is 0.0905. The fourth-order valence-electron chi connectivity index (χ4n) is 2.16. The molecule has 0 spiro atoms. The topological polar surface area (TPSA) is 57.6 Å². The van der Waals surface area contributed by atoms with Crippen molar-refractivity contribution in [2.24, 2.45) is 0 Å². The number of likely N-dealkylation sites (tertiary alicyclic amines) is 1. The number of aliphatic carboxylic acids is 1. The van der Waals surface area contributed by atoms with Crippen molar-refractivity contribution in [1.29, 1.82) is 0 Å². The molecule has 1 aromatic rings. The van der Waals surface area contributed by atoms with Gasteiger partial charge in [-0.2, -0.15) is 0 Å². The maximum absolute atomic E-state index is 13.9. The number of rotatable bonds is 2. The summed E-state index contributed by atoms with van der Waals surface area (Å²) in [6.07, 6.45) is -0.187. The standard InChI is InChI=1S/C13H13ClFNO3/c1-8-4-9(6-10(14)5-8)11(17)16-3-2-13(15,7-16)12(18)19/h4-6H,2-3,7H2,1H3,(H,18,19). The average Bonchev–Trinajstić information content (AvgIpc) is 2.71. The van der Waals surface area contributed by atoms with Gasteiger partial charge in [0.25, 0.3) is 5.91 Å². The van der Waals surface area contributed by atoms with E-state index in [1.807, 2.05) is 0 Å². The van der Waals surface area contributed by atoms with Gasteiger partial charge in [-0.15, -0.1) is 0 Å². The third-order valence-corrected chi connectivity index (χ3v) is 3.40. The van der Waals surface area contributed by atoms with Crippen molar-refractivity contribution in [1.82, 2.24) is 4.90 Å². The van der Waals surface area contributed by atoms with Gasteiger partial charge in [0, 0.05) is 23.6 Å². The van der Waals surface area contributed by atoms with Crippen LogP contribution in [0, 0.1) is 6.92 Å². The molecule has 102 valence electrons. The van der Waals surface area contributed by atoms with Gasteiger partial charge in [-0.1, -0.05) is 11.6 Å². The fourth-order valence-corrected chi connectivity index (χ4v) is 2.45. The molecule has 1 aromatic carbocycles. The van der Waals surface area contributed by atoms with Crippen molar-refractivity contribution in [2.45, 2.75) is 19.0 Å². The Morgan fingerprint density at radius 1 is 1.42 bits per heavy atom. The third kappa shape index (κ3) is 2.71. The van der Waals surface area contributed by atoms with Gasteiger partial charge in [-0.05, 0) is 30.7 Å². The largest absolute Gasteiger partial charge is 0.479 e. The molecule has 1 unspecified atom stereocenters. The van der Waals surface area contributed by atoms with Gasteiger partial charge in [-0.25, -0.2) is 9.18 Å². The van der Waals surface area contributed by atoms with Crippen LogP contribution in [-0.4, -0.2) is 40.6 Å². The first-order valence-corrected chi connectivity index (χ1v) is 6.18. The molecule has 1 aliphatic heterocycles. The summed E-state index contributed by atoms with van der Waals surface area (Å²) in [6.45, 7) is 1.46. The van der Waals surface area contributed by atoms with Gasteiger partial charge in [-0.3, -0.25) is 4.79 Å². The molecule has 1 heterocycles. The van der Waals surface area contributed by atoms with Crippen LogP contribution in [-0.2, 0) is 4.79 Å². The molecule has 0 bridgehead atoms. The summed E-state index contributed by atoms with van der Waals surface area (Å²) in [4.78, 5) is 24.2. The number of aryl methyl sites for hydroxylation is 1. The zero-order chi connectivity index (χ0) is 14.2. The SMILES string of the molecule is Cc1cc(Cl)cc(C(=O)N2CCC(F)(C(=O)O)C2)c1. The van der Waals surface area contributed by atoms with Gasteiger partial charge < -0.3 is 10.0 Å². The van der Waals surface area contributed by atoms with Crippen molar-refractivity contribution in [3.8, 4) is 0 Å². The van der Waals surface area contributed by atoms with Crippen LogP contribution in [0.5, 0.6) is 0 Å². The summed E-state index contributed by atoms with van der Waals surface area (Å²) >= 11 is 5.87. The van der Waals surface area contributed by atoms with Crippen LogP contribution < -0.4 is 0 Å². The van der Waals surface area contributed by atoms with Crippen LogP contribution in [0.2, 0.25) is 5.02 Å². The van der Waals surface area contributed by atoms with E-state index in [1.165, 1.54) is 11.0 Å². The number of carboxylic acid groups (broad SMARTS) is 1. The van der Waals surface area contributed by atoms with Gasteiger partial charge in [0.1, 0.15) is 0 Å². The molecular formula is C13H13ClFNO3. The van der Waals surface area contributed by atoms with Crippen LogP contribution in [0.15, 0.2) is 18.2 Å². The number of benzene rings is 1. The zero-order valence-corrected chi connectivity index (χ0v) is 11.1. The van der Waals surface area contributed by atoms with Crippen LogP contribution >= 0.6 is 11.6 Å². The summed E-state index contributed by atoms with van der Waals surface area (Å²) in [5, 5.41) is 9.22. The Hall–Kier alpha value is -1.62. The molecule has 2 rings (SSSR count). The molecule has 6 heteroatoms. The van der Waals surface area contributed by atoms with Crippen molar-refractivity contribution in [3.05, 3.63) is 34.3 Å². The highest BCUT2D eigenvalue weighted by atomic mass is 35.5. The second kappa shape index (κ2) is 4.81. The van der Waals surface area contributed by atoms with E-state index in [0.717, 1.165) is 5.56 Å². The minimum atomic E-state index is -2.34. The first-order valence-electron chi connectivity index (χ1n) is 5.81. The molecule has 1 amide bonds. The highest BCUT2D eigenvalue weighted by Crippen LogP contribution is 2.27. The Balaban J connectivity index is 2.20. The first kappa shape index (κ1) is 13.8. The van der Waals surface area contributed by atoms with E-state index >= 15 is 0 Å². The molecular weight excluding hydrogens is 273 g/mol. The number of hydrogen-bond acceptors (Lipinski definition) is 2. The molecule has 1 N–H and O–H groups in total. The number of nitrogens with zero attached hydrogens (tertiary/aromatic N) is 1. The average molecular weight is 286 g/mol. The Bertz CT molecular complexity index is 528. The van der Waals surface area contributed by atoms with E-state index in [1.54, 1.807) is 19.1 Å². The molecule has 4 nitrogen and oxygen atoms in total. The third-order valence-electron chi connectivity index (χ3n) is 3.18. The molecule has 0 radical (unpaired) electrons. The number of carbonyl (C=O) groups excluding carboxylic acids is 1.